The molecule has 0 heterocycles. The Morgan fingerprint density at radius 3 is 2.63 bits per heavy atom. The lowest BCUT2D eigenvalue weighted by Gasteiger charge is -2.19. The molecule has 2 heteroatoms. The van der Waals surface area contributed by atoms with Crippen LogP contribution in [0.1, 0.15) is 38.3 Å². The lowest BCUT2D eigenvalue weighted by Crippen LogP contribution is -2.30. The number of rotatable bonds is 5. The molecule has 2 aromatic carbocycles. The number of hydrogen-bond donors (Lipinski definition) is 1. The minimum absolute atomic E-state index is 0.0704. The summed E-state index contributed by atoms with van der Waals surface area (Å²) in [5.74, 6) is 0. The number of nitrogens with zero attached hydrogens (tertiary/aromatic N) is 1. The highest BCUT2D eigenvalue weighted by Crippen LogP contribution is 2.24. The van der Waals surface area contributed by atoms with Crippen LogP contribution in [0.25, 0.3) is 10.8 Å². The molecule has 0 radical (unpaired) electrons. The van der Waals surface area contributed by atoms with Gasteiger partial charge in [0.1, 0.15) is 0 Å². The van der Waals surface area contributed by atoms with Crippen LogP contribution in [-0.2, 0) is 0 Å². The standard InChI is InChI=1S/C17H20N2/c1-3-7-15(12-18)19-13(2)16-11-6-9-14-8-4-5-10-17(14)16/h4-6,8-11,13,15,19H,3,7H2,1-2H3/t13-,15-/m1/s1. The third kappa shape index (κ3) is 3.13. The molecule has 0 amide bonds. The van der Waals surface area contributed by atoms with Crippen molar-refractivity contribution < 1.29 is 0 Å². The Labute approximate surface area is 115 Å². The van der Waals surface area contributed by atoms with Crippen molar-refractivity contribution in [2.75, 3.05) is 0 Å². The molecular weight excluding hydrogens is 232 g/mol. The minimum Gasteiger partial charge on any atom is -0.295 e. The lowest BCUT2D eigenvalue weighted by atomic mass is 9.99. The van der Waals surface area contributed by atoms with Crippen LogP contribution in [0.2, 0.25) is 0 Å². The van der Waals surface area contributed by atoms with Crippen molar-refractivity contribution in [3.63, 3.8) is 0 Å². The largest absolute Gasteiger partial charge is 0.295 e. The van der Waals surface area contributed by atoms with Gasteiger partial charge in [-0.3, -0.25) is 5.32 Å². The lowest BCUT2D eigenvalue weighted by molar-refractivity contribution is 0.493. The fourth-order valence-electron chi connectivity index (χ4n) is 2.49. The number of nitriles is 1. The van der Waals surface area contributed by atoms with Crippen molar-refractivity contribution in [1.82, 2.24) is 5.32 Å². The van der Waals surface area contributed by atoms with E-state index in [1.807, 2.05) is 0 Å². The molecule has 2 rings (SSSR count). The number of hydrogen-bond acceptors (Lipinski definition) is 2. The zero-order valence-corrected chi connectivity index (χ0v) is 11.6. The first-order valence-corrected chi connectivity index (χ1v) is 6.89. The Hall–Kier alpha value is -1.85. The molecule has 19 heavy (non-hydrogen) atoms. The van der Waals surface area contributed by atoms with Crippen molar-refractivity contribution >= 4 is 10.8 Å². The Balaban J connectivity index is 2.26. The molecule has 98 valence electrons. The van der Waals surface area contributed by atoms with Crippen molar-refractivity contribution in [1.29, 1.82) is 5.26 Å². The van der Waals surface area contributed by atoms with Gasteiger partial charge >= 0.3 is 0 Å². The zero-order chi connectivity index (χ0) is 13.7. The van der Waals surface area contributed by atoms with Crippen LogP contribution in [-0.4, -0.2) is 6.04 Å². The van der Waals surface area contributed by atoms with E-state index >= 15 is 0 Å². The van der Waals surface area contributed by atoms with E-state index in [1.54, 1.807) is 0 Å². The van der Waals surface area contributed by atoms with Gasteiger partial charge < -0.3 is 0 Å². The van der Waals surface area contributed by atoms with Crippen LogP contribution in [0.3, 0.4) is 0 Å². The molecule has 2 atom stereocenters. The molecule has 0 bridgehead atoms. The van der Waals surface area contributed by atoms with E-state index in [-0.39, 0.29) is 12.1 Å². The maximum atomic E-state index is 9.15. The van der Waals surface area contributed by atoms with Gasteiger partial charge in [-0.1, -0.05) is 55.8 Å². The zero-order valence-electron chi connectivity index (χ0n) is 11.6. The van der Waals surface area contributed by atoms with Gasteiger partial charge in [0.25, 0.3) is 0 Å². The quantitative estimate of drug-likeness (QED) is 0.866. The molecule has 0 aliphatic rings. The summed E-state index contributed by atoms with van der Waals surface area (Å²) in [4.78, 5) is 0. The Morgan fingerprint density at radius 1 is 1.16 bits per heavy atom. The molecule has 0 aliphatic carbocycles. The first-order valence-electron chi connectivity index (χ1n) is 6.89. The summed E-state index contributed by atoms with van der Waals surface area (Å²) < 4.78 is 0. The fraction of sp³-hybridized carbons (Fsp3) is 0.353. The average Bonchev–Trinajstić information content (AvgIpc) is 2.46. The molecule has 0 aliphatic heterocycles. The van der Waals surface area contributed by atoms with Crippen LogP contribution in [0, 0.1) is 11.3 Å². The minimum atomic E-state index is -0.0704. The average molecular weight is 252 g/mol. The van der Waals surface area contributed by atoms with E-state index in [9.17, 15) is 0 Å². The Morgan fingerprint density at radius 2 is 1.89 bits per heavy atom. The molecular formula is C17H20N2. The van der Waals surface area contributed by atoms with Gasteiger partial charge in [0.15, 0.2) is 0 Å². The van der Waals surface area contributed by atoms with E-state index in [2.05, 4.69) is 67.7 Å². The third-order valence-corrected chi connectivity index (χ3v) is 3.47. The maximum Gasteiger partial charge on any atom is 0.0957 e. The van der Waals surface area contributed by atoms with Crippen molar-refractivity contribution in [2.24, 2.45) is 0 Å². The van der Waals surface area contributed by atoms with Gasteiger partial charge in [-0.2, -0.15) is 5.26 Å². The van der Waals surface area contributed by atoms with E-state index in [4.69, 9.17) is 5.26 Å². The van der Waals surface area contributed by atoms with Crippen LogP contribution in [0.15, 0.2) is 42.5 Å². The molecule has 0 fully saturated rings. The normalized spacial score (nSPS) is 13.9. The Kier molecular flexibility index (Phi) is 4.54. The van der Waals surface area contributed by atoms with Crippen LogP contribution >= 0.6 is 0 Å². The highest BCUT2D eigenvalue weighted by molar-refractivity contribution is 5.86. The van der Waals surface area contributed by atoms with Gasteiger partial charge in [0.2, 0.25) is 0 Å². The van der Waals surface area contributed by atoms with Gasteiger partial charge in [-0.15, -0.1) is 0 Å². The molecule has 0 unspecified atom stereocenters. The topological polar surface area (TPSA) is 35.8 Å². The summed E-state index contributed by atoms with van der Waals surface area (Å²) >= 11 is 0. The second kappa shape index (κ2) is 6.36. The third-order valence-electron chi connectivity index (χ3n) is 3.47. The van der Waals surface area contributed by atoms with E-state index in [1.165, 1.54) is 16.3 Å². The molecule has 0 aromatic heterocycles. The van der Waals surface area contributed by atoms with Crippen LogP contribution < -0.4 is 5.32 Å². The highest BCUT2D eigenvalue weighted by atomic mass is 14.9. The second-order valence-corrected chi connectivity index (χ2v) is 4.93. The van der Waals surface area contributed by atoms with Crippen molar-refractivity contribution in [3.05, 3.63) is 48.0 Å². The monoisotopic (exact) mass is 252 g/mol. The molecule has 0 saturated heterocycles. The predicted octanol–water partition coefficient (Wildman–Crippen LogP) is 4.18. The number of fused-ring (bicyclic) bond motifs is 1. The smallest absolute Gasteiger partial charge is 0.0957 e. The maximum absolute atomic E-state index is 9.15. The summed E-state index contributed by atoms with van der Waals surface area (Å²) in [5, 5.41) is 15.1. The van der Waals surface area contributed by atoms with Gasteiger partial charge in [-0.25, -0.2) is 0 Å². The first kappa shape index (κ1) is 13.6. The summed E-state index contributed by atoms with van der Waals surface area (Å²) in [6.45, 7) is 4.23. The molecule has 0 saturated carbocycles. The van der Waals surface area contributed by atoms with Gasteiger partial charge in [0.05, 0.1) is 12.1 Å². The number of benzene rings is 2. The molecule has 2 aromatic rings. The molecule has 1 N–H and O–H groups in total. The summed E-state index contributed by atoms with van der Waals surface area (Å²) in [6, 6.07) is 17.2. The molecule has 0 spiro atoms. The van der Waals surface area contributed by atoms with Gasteiger partial charge in [0, 0.05) is 6.04 Å². The van der Waals surface area contributed by atoms with Crippen LogP contribution in [0.4, 0.5) is 0 Å². The summed E-state index contributed by atoms with van der Waals surface area (Å²) in [6.07, 6.45) is 1.92. The first-order chi connectivity index (χ1) is 9.26. The second-order valence-electron chi connectivity index (χ2n) is 4.93. The highest BCUT2D eigenvalue weighted by Gasteiger charge is 2.13. The van der Waals surface area contributed by atoms with E-state index in [0.717, 1.165) is 12.8 Å². The summed E-state index contributed by atoms with van der Waals surface area (Å²) in [5.41, 5.74) is 1.26. The van der Waals surface area contributed by atoms with Crippen molar-refractivity contribution in [3.8, 4) is 6.07 Å². The Bertz CT molecular complexity index is 578. The van der Waals surface area contributed by atoms with Gasteiger partial charge in [-0.05, 0) is 29.7 Å². The predicted molar refractivity (Wildman–Crippen MR) is 79.8 cm³/mol. The van der Waals surface area contributed by atoms with E-state index < -0.39 is 0 Å². The summed E-state index contributed by atoms with van der Waals surface area (Å²) in [7, 11) is 0. The van der Waals surface area contributed by atoms with E-state index in [0.29, 0.717) is 0 Å². The van der Waals surface area contributed by atoms with Crippen LogP contribution in [0.5, 0.6) is 0 Å². The SMILES string of the molecule is CCC[C@H](C#N)N[C@H](C)c1cccc2ccccc12. The molecule has 2 nitrogen and oxygen atoms in total. The number of nitrogens with one attached hydrogen (secondary N) is 1. The fourth-order valence-corrected chi connectivity index (χ4v) is 2.49. The van der Waals surface area contributed by atoms with Crippen molar-refractivity contribution in [2.45, 2.75) is 38.8 Å².